The predicted octanol–water partition coefficient (Wildman–Crippen LogP) is 6.20. The lowest BCUT2D eigenvalue weighted by atomic mass is 9.68. The first kappa shape index (κ1) is 26.9. The summed E-state index contributed by atoms with van der Waals surface area (Å²) in [6.07, 6.45) is -11.8. The Kier molecular flexibility index (Phi) is 7.80. The molecule has 0 bridgehead atoms. The Bertz CT molecular complexity index is 1000. The maximum atomic E-state index is 13.5. The van der Waals surface area contributed by atoms with Gasteiger partial charge < -0.3 is 14.9 Å². The van der Waals surface area contributed by atoms with Crippen LogP contribution in [0, 0.1) is 17.7 Å². The minimum absolute atomic E-state index is 0.0183. The molecule has 11 heteroatoms. The highest BCUT2D eigenvalue weighted by atomic mass is 19.4. The molecule has 0 spiro atoms. The summed E-state index contributed by atoms with van der Waals surface area (Å²) in [6, 6.07) is 6.08. The van der Waals surface area contributed by atoms with Crippen LogP contribution < -0.4 is 0 Å². The van der Waals surface area contributed by atoms with Crippen LogP contribution in [0.2, 0.25) is 0 Å². The third-order valence-electron chi connectivity index (χ3n) is 6.35. The van der Waals surface area contributed by atoms with Crippen LogP contribution in [0.4, 0.5) is 30.7 Å². The predicted molar refractivity (Wildman–Crippen MR) is 110 cm³/mol. The Hall–Kier alpha value is -2.66. The highest BCUT2D eigenvalue weighted by Gasteiger charge is 2.45. The Morgan fingerprint density at radius 2 is 1.54 bits per heavy atom. The number of aliphatic hydroxyl groups is 1. The van der Waals surface area contributed by atoms with Gasteiger partial charge in [0.25, 0.3) is 0 Å². The Morgan fingerprint density at radius 3 is 2.00 bits per heavy atom. The van der Waals surface area contributed by atoms with E-state index in [0.29, 0.717) is 17.7 Å². The minimum atomic E-state index is -5.03. The number of hydrogen-bond donors (Lipinski definition) is 2. The number of aliphatic hydroxyl groups excluding tert-OH is 1. The Morgan fingerprint density at radius 1 is 1.00 bits per heavy atom. The van der Waals surface area contributed by atoms with Gasteiger partial charge in [-0.2, -0.15) is 26.3 Å². The molecule has 0 unspecified atom stereocenters. The largest absolute Gasteiger partial charge is 0.481 e. The summed E-state index contributed by atoms with van der Waals surface area (Å²) in [5.41, 5.74) is -2.98. The highest BCUT2D eigenvalue weighted by molar-refractivity contribution is 5.72. The molecule has 2 aromatic carbocycles. The SMILES string of the molecule is C[C@@H](O[C@@H]1CC[C@H](CO)[C@H](C(=O)O)[C@@H]1c1ccc(F)cc1)c1cc(C(F)(F)F)cc(C(F)(F)F)c1. The van der Waals surface area contributed by atoms with Gasteiger partial charge in [0, 0.05) is 12.5 Å². The fourth-order valence-electron chi connectivity index (χ4n) is 4.64. The van der Waals surface area contributed by atoms with Crippen LogP contribution in [-0.2, 0) is 21.9 Å². The smallest absolute Gasteiger partial charge is 0.416 e. The van der Waals surface area contributed by atoms with Crippen LogP contribution in [0.1, 0.15) is 54.0 Å². The first-order valence-electron chi connectivity index (χ1n) is 10.8. The molecule has 4 nitrogen and oxygen atoms in total. The van der Waals surface area contributed by atoms with Crippen LogP contribution in [-0.4, -0.2) is 28.9 Å². The third kappa shape index (κ3) is 6.13. The Balaban J connectivity index is 2.00. The molecule has 2 aromatic rings. The molecule has 0 heterocycles. The molecule has 192 valence electrons. The molecular weight excluding hydrogens is 485 g/mol. The molecular formula is C24H23F7O4. The first-order chi connectivity index (χ1) is 16.2. The summed E-state index contributed by atoms with van der Waals surface area (Å²) in [6.45, 7) is 0.838. The van der Waals surface area contributed by atoms with Crippen LogP contribution in [0.3, 0.4) is 0 Å². The minimum Gasteiger partial charge on any atom is -0.481 e. The monoisotopic (exact) mass is 508 g/mol. The van der Waals surface area contributed by atoms with E-state index in [2.05, 4.69) is 0 Å². The number of ether oxygens (including phenoxy) is 1. The molecule has 1 aliphatic rings. The van der Waals surface area contributed by atoms with Crippen LogP contribution >= 0.6 is 0 Å². The van der Waals surface area contributed by atoms with Crippen molar-refractivity contribution in [3.05, 3.63) is 70.5 Å². The second-order valence-electron chi connectivity index (χ2n) is 8.62. The molecule has 0 aromatic heterocycles. The number of alkyl halides is 6. The standard InChI is InChI=1S/C24H23F7O4/c1-12(15-8-16(23(26,27)28)10-17(9-15)24(29,30)31)35-19-7-4-14(11-32)21(22(33)34)20(19)13-2-5-18(25)6-3-13/h2-3,5-6,8-10,12,14,19-21,32H,4,7,11H2,1H3,(H,33,34)/t12-,14-,19-,20-,21+/m1/s1. The molecule has 1 aliphatic carbocycles. The third-order valence-corrected chi connectivity index (χ3v) is 6.35. The maximum absolute atomic E-state index is 13.5. The van der Waals surface area contributed by atoms with Gasteiger partial charge in [-0.15, -0.1) is 0 Å². The van der Waals surface area contributed by atoms with E-state index in [0.717, 1.165) is 12.1 Å². The van der Waals surface area contributed by atoms with Gasteiger partial charge in [0.15, 0.2) is 0 Å². The molecule has 1 saturated carbocycles. The van der Waals surface area contributed by atoms with E-state index in [1.165, 1.54) is 19.1 Å². The van der Waals surface area contributed by atoms with Gasteiger partial charge in [0.05, 0.1) is 29.3 Å². The van der Waals surface area contributed by atoms with Crippen molar-refractivity contribution >= 4 is 5.97 Å². The van der Waals surface area contributed by atoms with Crippen molar-refractivity contribution in [2.45, 2.75) is 50.2 Å². The molecule has 0 aliphatic heterocycles. The van der Waals surface area contributed by atoms with E-state index in [1.807, 2.05) is 0 Å². The Labute approximate surface area is 196 Å². The van der Waals surface area contributed by atoms with Gasteiger partial charge in [0.1, 0.15) is 5.82 Å². The van der Waals surface area contributed by atoms with Crippen molar-refractivity contribution < 1.29 is 50.5 Å². The van der Waals surface area contributed by atoms with Gasteiger partial charge in [-0.25, -0.2) is 4.39 Å². The van der Waals surface area contributed by atoms with Crippen LogP contribution in [0.25, 0.3) is 0 Å². The zero-order valence-electron chi connectivity index (χ0n) is 18.4. The average Bonchev–Trinajstić information content (AvgIpc) is 2.77. The summed E-state index contributed by atoms with van der Waals surface area (Å²) in [4.78, 5) is 12.1. The van der Waals surface area contributed by atoms with Gasteiger partial charge in [-0.1, -0.05) is 12.1 Å². The summed E-state index contributed by atoms with van der Waals surface area (Å²) < 4.78 is 99.0. The number of rotatable bonds is 6. The van der Waals surface area contributed by atoms with E-state index in [-0.39, 0.29) is 24.5 Å². The zero-order chi connectivity index (χ0) is 26.1. The quantitative estimate of drug-likeness (QED) is 0.457. The number of benzene rings is 2. The van der Waals surface area contributed by atoms with Crippen LogP contribution in [0.5, 0.6) is 0 Å². The zero-order valence-corrected chi connectivity index (χ0v) is 18.4. The molecule has 0 radical (unpaired) electrons. The van der Waals surface area contributed by atoms with Crippen molar-refractivity contribution in [3.8, 4) is 0 Å². The van der Waals surface area contributed by atoms with E-state index < -0.39 is 71.8 Å². The lowest BCUT2D eigenvalue weighted by Crippen LogP contribution is -2.43. The normalized spacial score (nSPS) is 24.3. The van der Waals surface area contributed by atoms with E-state index in [4.69, 9.17) is 4.74 Å². The highest BCUT2D eigenvalue weighted by Crippen LogP contribution is 2.45. The van der Waals surface area contributed by atoms with Crippen molar-refractivity contribution in [1.82, 2.24) is 0 Å². The second-order valence-corrected chi connectivity index (χ2v) is 8.62. The summed E-state index contributed by atoms with van der Waals surface area (Å²) in [7, 11) is 0. The van der Waals surface area contributed by atoms with Gasteiger partial charge in [-0.3, -0.25) is 4.79 Å². The molecule has 0 amide bonds. The molecule has 1 fully saturated rings. The van der Waals surface area contributed by atoms with E-state index >= 15 is 0 Å². The van der Waals surface area contributed by atoms with Crippen molar-refractivity contribution in [1.29, 1.82) is 0 Å². The first-order valence-corrected chi connectivity index (χ1v) is 10.8. The van der Waals surface area contributed by atoms with Crippen molar-refractivity contribution in [2.75, 3.05) is 6.61 Å². The second kappa shape index (κ2) is 10.1. The van der Waals surface area contributed by atoms with Crippen LogP contribution in [0.15, 0.2) is 42.5 Å². The molecule has 3 rings (SSSR count). The maximum Gasteiger partial charge on any atom is 0.416 e. The van der Waals surface area contributed by atoms with Crippen molar-refractivity contribution in [2.24, 2.45) is 11.8 Å². The number of carboxylic acids is 1. The molecule has 2 N–H and O–H groups in total. The number of carboxylic acid groups (broad SMARTS) is 1. The lowest BCUT2D eigenvalue weighted by molar-refractivity contribution is -0.153. The summed E-state index contributed by atoms with van der Waals surface area (Å²) >= 11 is 0. The molecule has 35 heavy (non-hydrogen) atoms. The summed E-state index contributed by atoms with van der Waals surface area (Å²) in [5, 5.41) is 19.6. The number of halogens is 7. The molecule has 5 atom stereocenters. The fourth-order valence-corrected chi connectivity index (χ4v) is 4.64. The van der Waals surface area contributed by atoms with Crippen molar-refractivity contribution in [3.63, 3.8) is 0 Å². The summed E-state index contributed by atoms with van der Waals surface area (Å²) in [5.74, 6) is -4.58. The van der Waals surface area contributed by atoms with Gasteiger partial charge >= 0.3 is 18.3 Å². The number of aliphatic carboxylic acids is 1. The van der Waals surface area contributed by atoms with Gasteiger partial charge in [0.2, 0.25) is 0 Å². The van der Waals surface area contributed by atoms with E-state index in [1.54, 1.807) is 0 Å². The fraction of sp³-hybridized carbons (Fsp3) is 0.458. The number of carbonyl (C=O) groups is 1. The van der Waals surface area contributed by atoms with E-state index in [9.17, 15) is 45.7 Å². The number of hydrogen-bond acceptors (Lipinski definition) is 3. The lowest BCUT2D eigenvalue weighted by Gasteiger charge is -2.41. The molecule has 0 saturated heterocycles. The topological polar surface area (TPSA) is 66.8 Å². The van der Waals surface area contributed by atoms with Gasteiger partial charge in [-0.05, 0) is 67.1 Å². The average molecular weight is 508 g/mol.